The number of aliphatic hydroxyl groups is 1. The van der Waals surface area contributed by atoms with E-state index in [9.17, 15) is 8.78 Å². The Bertz CT molecular complexity index is 295. The molecule has 16 heavy (non-hydrogen) atoms. The fourth-order valence-electron chi connectivity index (χ4n) is 1.20. The van der Waals surface area contributed by atoms with E-state index >= 15 is 0 Å². The van der Waals surface area contributed by atoms with Crippen LogP contribution >= 0.6 is 12.4 Å². The van der Waals surface area contributed by atoms with Crippen molar-refractivity contribution in [3.8, 4) is 5.75 Å². The van der Waals surface area contributed by atoms with Crippen molar-refractivity contribution in [1.29, 1.82) is 0 Å². The van der Waals surface area contributed by atoms with Gasteiger partial charge in [0.15, 0.2) is 0 Å². The van der Waals surface area contributed by atoms with Gasteiger partial charge in [0, 0.05) is 12.6 Å². The monoisotopic (exact) mass is 253 g/mol. The average molecular weight is 254 g/mol. The van der Waals surface area contributed by atoms with Crippen molar-refractivity contribution in [2.24, 2.45) is 5.73 Å². The second kappa shape index (κ2) is 7.38. The highest BCUT2D eigenvalue weighted by Gasteiger charge is 2.07. The van der Waals surface area contributed by atoms with E-state index in [1.54, 1.807) is 12.1 Å². The number of rotatable bonds is 5. The Hall–Kier alpha value is -0.910. The second-order valence-electron chi connectivity index (χ2n) is 3.07. The largest absolute Gasteiger partial charge is 0.435 e. The Morgan fingerprint density at radius 1 is 1.25 bits per heavy atom. The summed E-state index contributed by atoms with van der Waals surface area (Å²) in [6.45, 7) is -2.82. The van der Waals surface area contributed by atoms with E-state index in [1.165, 1.54) is 12.1 Å². The number of halogens is 3. The molecule has 0 unspecified atom stereocenters. The Balaban J connectivity index is 0.00000225. The fourth-order valence-corrected chi connectivity index (χ4v) is 1.20. The van der Waals surface area contributed by atoms with Crippen molar-refractivity contribution in [3.63, 3.8) is 0 Å². The zero-order valence-corrected chi connectivity index (χ0v) is 9.29. The van der Waals surface area contributed by atoms with Crippen LogP contribution in [0.25, 0.3) is 0 Å². The first kappa shape index (κ1) is 15.1. The summed E-state index contributed by atoms with van der Waals surface area (Å²) in [6, 6.07) is 5.80. The van der Waals surface area contributed by atoms with Gasteiger partial charge in [0.05, 0.1) is 0 Å². The molecule has 0 aliphatic carbocycles. The van der Waals surface area contributed by atoms with Crippen LogP contribution in [0.4, 0.5) is 8.78 Å². The number of hydrogen-bond donors (Lipinski definition) is 2. The van der Waals surface area contributed by atoms with Crippen LogP contribution in [0.5, 0.6) is 5.75 Å². The van der Waals surface area contributed by atoms with Crippen LogP contribution in [0.1, 0.15) is 18.0 Å². The minimum absolute atomic E-state index is 0. The molecule has 0 aromatic heterocycles. The lowest BCUT2D eigenvalue weighted by atomic mass is 10.1. The first-order valence-corrected chi connectivity index (χ1v) is 4.54. The highest BCUT2D eigenvalue weighted by atomic mass is 35.5. The van der Waals surface area contributed by atoms with Gasteiger partial charge in [-0.25, -0.2) is 0 Å². The second-order valence-corrected chi connectivity index (χ2v) is 3.07. The molecule has 0 fully saturated rings. The van der Waals surface area contributed by atoms with Gasteiger partial charge in [-0.2, -0.15) is 8.78 Å². The molecule has 0 saturated carbocycles. The molecule has 0 amide bonds. The summed E-state index contributed by atoms with van der Waals surface area (Å²) < 4.78 is 27.8. The Labute approximate surface area is 98.6 Å². The third kappa shape index (κ3) is 4.74. The molecule has 0 aliphatic rings. The predicted molar refractivity (Wildman–Crippen MR) is 59.0 cm³/mol. The molecule has 1 aromatic rings. The molecule has 3 N–H and O–H groups in total. The van der Waals surface area contributed by atoms with Crippen molar-refractivity contribution in [1.82, 2.24) is 0 Å². The molecule has 0 saturated heterocycles. The molecule has 0 spiro atoms. The molecule has 1 aromatic carbocycles. The maximum absolute atomic E-state index is 11.8. The number of hydrogen-bond acceptors (Lipinski definition) is 3. The standard InChI is InChI=1S/C10H13F2NO2.ClH/c11-10(12)15-8-3-1-7(2-4-8)9(13)5-6-14;/h1-4,9-10,14H,5-6,13H2;1H/t9-;/m0./s1. The van der Waals surface area contributed by atoms with E-state index in [2.05, 4.69) is 4.74 Å². The van der Waals surface area contributed by atoms with Crippen molar-refractivity contribution < 1.29 is 18.6 Å². The molecule has 1 atom stereocenters. The lowest BCUT2D eigenvalue weighted by Crippen LogP contribution is -2.11. The normalized spacial score (nSPS) is 12.1. The van der Waals surface area contributed by atoms with E-state index < -0.39 is 6.61 Å². The SMILES string of the molecule is Cl.N[C@@H](CCO)c1ccc(OC(F)F)cc1. The average Bonchev–Trinajstić information content (AvgIpc) is 2.18. The molecule has 0 heterocycles. The zero-order valence-electron chi connectivity index (χ0n) is 8.48. The van der Waals surface area contributed by atoms with E-state index in [0.717, 1.165) is 5.56 Å². The molecule has 92 valence electrons. The van der Waals surface area contributed by atoms with Gasteiger partial charge in [-0.3, -0.25) is 0 Å². The van der Waals surface area contributed by atoms with E-state index in [1.807, 2.05) is 0 Å². The van der Waals surface area contributed by atoms with E-state index in [4.69, 9.17) is 10.8 Å². The van der Waals surface area contributed by atoms with Gasteiger partial charge >= 0.3 is 6.61 Å². The van der Waals surface area contributed by atoms with Gasteiger partial charge in [-0.1, -0.05) is 12.1 Å². The summed E-state index contributed by atoms with van der Waals surface area (Å²) in [5.41, 5.74) is 6.49. The molecule has 0 aliphatic heterocycles. The number of ether oxygens (including phenoxy) is 1. The molecule has 0 radical (unpaired) electrons. The zero-order chi connectivity index (χ0) is 11.3. The van der Waals surface area contributed by atoms with Crippen LogP contribution in [0.3, 0.4) is 0 Å². The van der Waals surface area contributed by atoms with Crippen molar-refractivity contribution in [2.45, 2.75) is 19.1 Å². The van der Waals surface area contributed by atoms with Gasteiger partial charge in [-0.15, -0.1) is 12.4 Å². The minimum Gasteiger partial charge on any atom is -0.435 e. The lowest BCUT2D eigenvalue weighted by molar-refractivity contribution is -0.0498. The Kier molecular flexibility index (Phi) is 6.96. The number of aliphatic hydroxyl groups excluding tert-OH is 1. The van der Waals surface area contributed by atoms with Gasteiger partial charge in [0.1, 0.15) is 5.75 Å². The fraction of sp³-hybridized carbons (Fsp3) is 0.400. The van der Waals surface area contributed by atoms with Crippen molar-refractivity contribution in [2.75, 3.05) is 6.61 Å². The first-order valence-electron chi connectivity index (χ1n) is 4.54. The summed E-state index contributed by atoms with van der Waals surface area (Å²) in [6.07, 6.45) is 0.440. The lowest BCUT2D eigenvalue weighted by Gasteiger charge is -2.11. The number of alkyl halides is 2. The highest BCUT2D eigenvalue weighted by Crippen LogP contribution is 2.19. The molecule has 0 bridgehead atoms. The van der Waals surface area contributed by atoms with Crippen LogP contribution in [0.15, 0.2) is 24.3 Å². The minimum atomic E-state index is -2.82. The molecular formula is C10H14ClF2NO2. The van der Waals surface area contributed by atoms with Gasteiger partial charge in [0.2, 0.25) is 0 Å². The van der Waals surface area contributed by atoms with Crippen LogP contribution < -0.4 is 10.5 Å². The topological polar surface area (TPSA) is 55.5 Å². The summed E-state index contributed by atoms with van der Waals surface area (Å²) in [5.74, 6) is 0.102. The van der Waals surface area contributed by atoms with E-state index in [0.29, 0.717) is 6.42 Å². The van der Waals surface area contributed by atoms with Crippen molar-refractivity contribution in [3.05, 3.63) is 29.8 Å². The smallest absolute Gasteiger partial charge is 0.387 e. The number of benzene rings is 1. The Morgan fingerprint density at radius 3 is 2.25 bits per heavy atom. The van der Waals surface area contributed by atoms with Gasteiger partial charge < -0.3 is 15.6 Å². The van der Waals surface area contributed by atoms with Crippen LogP contribution in [0.2, 0.25) is 0 Å². The van der Waals surface area contributed by atoms with Crippen LogP contribution in [-0.4, -0.2) is 18.3 Å². The predicted octanol–water partition coefficient (Wildman–Crippen LogP) is 2.09. The van der Waals surface area contributed by atoms with Crippen LogP contribution in [0, 0.1) is 0 Å². The molecular weight excluding hydrogens is 240 g/mol. The maximum atomic E-state index is 11.8. The summed E-state index contributed by atoms with van der Waals surface area (Å²) in [4.78, 5) is 0. The summed E-state index contributed by atoms with van der Waals surface area (Å²) in [5, 5.41) is 8.67. The highest BCUT2D eigenvalue weighted by molar-refractivity contribution is 5.85. The maximum Gasteiger partial charge on any atom is 0.387 e. The first-order chi connectivity index (χ1) is 7.13. The summed E-state index contributed by atoms with van der Waals surface area (Å²) in [7, 11) is 0. The van der Waals surface area contributed by atoms with Gasteiger partial charge in [0.25, 0.3) is 0 Å². The van der Waals surface area contributed by atoms with Gasteiger partial charge in [-0.05, 0) is 24.1 Å². The van der Waals surface area contributed by atoms with Crippen molar-refractivity contribution >= 4 is 12.4 Å². The molecule has 1 rings (SSSR count). The number of nitrogens with two attached hydrogens (primary N) is 1. The third-order valence-electron chi connectivity index (χ3n) is 1.97. The molecule has 3 nitrogen and oxygen atoms in total. The molecule has 6 heteroatoms. The third-order valence-corrected chi connectivity index (χ3v) is 1.97. The van der Waals surface area contributed by atoms with Crippen LogP contribution in [-0.2, 0) is 0 Å². The van der Waals surface area contributed by atoms with E-state index in [-0.39, 0.29) is 30.8 Å². The summed E-state index contributed by atoms with van der Waals surface area (Å²) >= 11 is 0. The Morgan fingerprint density at radius 2 is 1.81 bits per heavy atom. The quantitative estimate of drug-likeness (QED) is 0.845.